The van der Waals surface area contributed by atoms with Crippen LogP contribution in [-0.4, -0.2) is 28.7 Å². The molecule has 0 radical (unpaired) electrons. The summed E-state index contributed by atoms with van der Waals surface area (Å²) >= 11 is 0. The number of ether oxygens (including phenoxy) is 1. The largest absolute Gasteiger partial charge is 0.457 e. The number of carbonyl (C=O) groups is 3. The molecule has 4 aliphatic rings. The molecule has 3 amide bonds. The van der Waals surface area contributed by atoms with Crippen molar-refractivity contribution in [3.8, 4) is 11.5 Å². The smallest absolute Gasteiger partial charge is 0.247 e. The Kier molecular flexibility index (Phi) is 7.54. The Balaban J connectivity index is 1.12. The predicted molar refractivity (Wildman–Crippen MR) is 179 cm³/mol. The summed E-state index contributed by atoms with van der Waals surface area (Å²) in [7, 11) is 0. The molecule has 2 bridgehead atoms. The average molecular weight is 613 g/mol. The van der Waals surface area contributed by atoms with Crippen LogP contribution in [0.4, 0.5) is 5.69 Å². The fourth-order valence-corrected chi connectivity index (χ4v) is 7.77. The van der Waals surface area contributed by atoms with Crippen LogP contribution in [0.15, 0.2) is 97.1 Å². The van der Waals surface area contributed by atoms with Crippen molar-refractivity contribution in [2.45, 2.75) is 70.3 Å². The van der Waals surface area contributed by atoms with E-state index in [0.29, 0.717) is 17.9 Å². The lowest BCUT2D eigenvalue weighted by Gasteiger charge is -2.45. The molecule has 1 aliphatic heterocycles. The van der Waals surface area contributed by atoms with Gasteiger partial charge in [0.1, 0.15) is 17.5 Å². The number of nitrogens with zero attached hydrogens (tertiary/aromatic N) is 1. The molecule has 6 heteroatoms. The van der Waals surface area contributed by atoms with E-state index in [0.717, 1.165) is 40.8 Å². The Labute approximate surface area is 270 Å². The van der Waals surface area contributed by atoms with Gasteiger partial charge in [0, 0.05) is 17.5 Å². The third kappa shape index (κ3) is 5.00. The predicted octanol–water partition coefficient (Wildman–Crippen LogP) is 8.17. The summed E-state index contributed by atoms with van der Waals surface area (Å²) in [6.07, 6.45) is 1.98. The number of likely N-dealkylation sites (tertiary alicyclic amines) is 1. The Bertz CT molecular complexity index is 1690. The van der Waals surface area contributed by atoms with Crippen molar-refractivity contribution in [3.63, 3.8) is 0 Å². The van der Waals surface area contributed by atoms with Crippen LogP contribution in [0.5, 0.6) is 11.5 Å². The Morgan fingerprint density at radius 3 is 1.63 bits per heavy atom. The van der Waals surface area contributed by atoms with Crippen LogP contribution in [0.1, 0.15) is 86.6 Å². The van der Waals surface area contributed by atoms with Crippen molar-refractivity contribution in [2.75, 3.05) is 5.32 Å². The lowest BCUT2D eigenvalue weighted by atomic mass is 9.55. The molecule has 3 aliphatic carbocycles. The van der Waals surface area contributed by atoms with E-state index in [1.807, 2.05) is 43.3 Å². The number of rotatable bonds is 8. The molecule has 1 heterocycles. The molecule has 1 N–H and O–H groups in total. The molecule has 4 aromatic carbocycles. The number of unbranched alkanes of at least 4 members (excludes halogenated alkanes) is 1. The molecule has 234 valence electrons. The minimum atomic E-state index is -0.881. The lowest BCUT2D eigenvalue weighted by Crippen LogP contribution is -2.48. The second-order valence-electron chi connectivity index (χ2n) is 13.9. The first-order valence-electron chi connectivity index (χ1n) is 16.4. The van der Waals surface area contributed by atoms with Gasteiger partial charge in [0.2, 0.25) is 17.7 Å². The van der Waals surface area contributed by atoms with Crippen LogP contribution in [0.25, 0.3) is 0 Å². The molecule has 1 saturated heterocycles. The number of benzene rings is 4. The van der Waals surface area contributed by atoms with Gasteiger partial charge in [-0.05, 0) is 76.1 Å². The molecule has 1 fully saturated rings. The van der Waals surface area contributed by atoms with Gasteiger partial charge in [-0.1, -0.05) is 101 Å². The van der Waals surface area contributed by atoms with Gasteiger partial charge in [-0.2, -0.15) is 0 Å². The maximum Gasteiger partial charge on any atom is 0.247 e. The Morgan fingerprint density at radius 1 is 0.739 bits per heavy atom. The quantitative estimate of drug-likeness (QED) is 0.204. The van der Waals surface area contributed by atoms with E-state index < -0.39 is 17.9 Å². The highest BCUT2D eigenvalue weighted by Crippen LogP contribution is 2.61. The number of nitrogens with one attached hydrogen (secondary N) is 1. The summed E-state index contributed by atoms with van der Waals surface area (Å²) in [5, 5.41) is 3.00. The van der Waals surface area contributed by atoms with Gasteiger partial charge < -0.3 is 10.1 Å². The molecule has 0 spiro atoms. The van der Waals surface area contributed by atoms with Crippen LogP contribution in [0, 0.1) is 11.8 Å². The highest BCUT2D eigenvalue weighted by atomic mass is 16.5. The Morgan fingerprint density at radius 2 is 1.20 bits per heavy atom. The van der Waals surface area contributed by atoms with Crippen molar-refractivity contribution >= 4 is 23.4 Å². The molecular weight excluding hydrogens is 572 g/mol. The van der Waals surface area contributed by atoms with Gasteiger partial charge in [0.15, 0.2) is 0 Å². The number of amides is 3. The van der Waals surface area contributed by atoms with Gasteiger partial charge in [-0.3, -0.25) is 19.3 Å². The number of anilines is 1. The third-order valence-electron chi connectivity index (χ3n) is 10.0. The van der Waals surface area contributed by atoms with Crippen molar-refractivity contribution in [1.82, 2.24) is 4.90 Å². The molecule has 6 nitrogen and oxygen atoms in total. The van der Waals surface area contributed by atoms with E-state index >= 15 is 0 Å². The number of carbonyl (C=O) groups excluding carboxylic acids is 3. The maximum atomic E-state index is 14.3. The normalized spacial score (nSPS) is 21.8. The fraction of sp³-hybridized carbons (Fsp3) is 0.325. The first-order chi connectivity index (χ1) is 22.2. The molecule has 0 aromatic heterocycles. The van der Waals surface area contributed by atoms with E-state index in [1.165, 1.54) is 10.5 Å². The van der Waals surface area contributed by atoms with E-state index in [1.54, 1.807) is 24.3 Å². The van der Waals surface area contributed by atoms with Crippen LogP contribution in [0.2, 0.25) is 0 Å². The second-order valence-corrected chi connectivity index (χ2v) is 13.9. The molecule has 0 unspecified atom stereocenters. The van der Waals surface area contributed by atoms with Gasteiger partial charge >= 0.3 is 0 Å². The van der Waals surface area contributed by atoms with Gasteiger partial charge in [0.25, 0.3) is 0 Å². The summed E-state index contributed by atoms with van der Waals surface area (Å²) < 4.78 is 6.04. The first kappa shape index (κ1) is 30.0. The fourth-order valence-electron chi connectivity index (χ4n) is 7.77. The van der Waals surface area contributed by atoms with Gasteiger partial charge in [-0.15, -0.1) is 0 Å². The van der Waals surface area contributed by atoms with E-state index in [9.17, 15) is 14.4 Å². The van der Waals surface area contributed by atoms with Crippen LogP contribution in [-0.2, 0) is 19.8 Å². The summed E-state index contributed by atoms with van der Waals surface area (Å²) in [5.41, 5.74) is 6.36. The molecule has 0 saturated carbocycles. The molecule has 3 atom stereocenters. The minimum Gasteiger partial charge on any atom is -0.457 e. The highest BCUT2D eigenvalue weighted by Gasteiger charge is 2.62. The van der Waals surface area contributed by atoms with Gasteiger partial charge in [-0.25, -0.2) is 0 Å². The molecule has 4 aromatic rings. The first-order valence-corrected chi connectivity index (χ1v) is 16.4. The topological polar surface area (TPSA) is 75.7 Å². The summed E-state index contributed by atoms with van der Waals surface area (Å²) in [6, 6.07) is 30.8. The number of hydrogen-bond donors (Lipinski definition) is 1. The standard InChI is InChI=1S/C40H40N2O4/c1-5-6-15-32(37(43)41-25-18-22-27(23-19-25)46-26-20-16-24(17-21-26)40(2,3)4)42-38(44)35-33-28-11-7-8-12-29(28)34(36(35)39(42)45)31-14-10-9-13-30(31)33/h7-14,16-23,32-36H,5-6,15H2,1-4H3,(H,41,43)/t32-,33?,34?,35-,36+/m0/s1. The van der Waals surface area contributed by atoms with Gasteiger partial charge in [0.05, 0.1) is 11.8 Å². The molecule has 46 heavy (non-hydrogen) atoms. The summed E-state index contributed by atoms with van der Waals surface area (Å²) in [6.45, 7) is 8.57. The van der Waals surface area contributed by atoms with Crippen molar-refractivity contribution in [3.05, 3.63) is 125 Å². The van der Waals surface area contributed by atoms with Crippen molar-refractivity contribution < 1.29 is 19.1 Å². The maximum absolute atomic E-state index is 14.3. The minimum absolute atomic E-state index is 0.0608. The van der Waals surface area contributed by atoms with Crippen LogP contribution < -0.4 is 10.1 Å². The Hall–Kier alpha value is -4.71. The molecular formula is C40H40N2O4. The monoisotopic (exact) mass is 612 g/mol. The number of imide groups is 1. The molecule has 8 rings (SSSR count). The van der Waals surface area contributed by atoms with E-state index in [-0.39, 0.29) is 35.0 Å². The third-order valence-corrected chi connectivity index (χ3v) is 10.0. The van der Waals surface area contributed by atoms with Crippen LogP contribution in [0.3, 0.4) is 0 Å². The van der Waals surface area contributed by atoms with E-state index in [2.05, 4.69) is 62.5 Å². The summed E-state index contributed by atoms with van der Waals surface area (Å²) in [4.78, 5) is 43.9. The SMILES string of the molecule is CCCC[C@@H](C(=O)Nc1ccc(Oc2ccc(C(C)(C)C)cc2)cc1)N1C(=O)[C@@H]2C3c4ccccc4C(c4ccccc43)[C@@H]2C1=O. The van der Waals surface area contributed by atoms with E-state index in [4.69, 9.17) is 4.74 Å². The number of hydrogen-bond acceptors (Lipinski definition) is 4. The lowest BCUT2D eigenvalue weighted by molar-refractivity contribution is -0.147. The van der Waals surface area contributed by atoms with Crippen molar-refractivity contribution in [2.24, 2.45) is 11.8 Å². The highest BCUT2D eigenvalue weighted by molar-refractivity contribution is 6.11. The average Bonchev–Trinajstić information content (AvgIpc) is 3.32. The summed E-state index contributed by atoms with van der Waals surface area (Å²) in [5.74, 6) is -0.837. The van der Waals surface area contributed by atoms with Crippen molar-refractivity contribution in [1.29, 1.82) is 0 Å². The zero-order valence-electron chi connectivity index (χ0n) is 26.8. The zero-order valence-corrected chi connectivity index (χ0v) is 26.8. The van der Waals surface area contributed by atoms with Crippen LogP contribution >= 0.6 is 0 Å². The zero-order chi connectivity index (χ0) is 32.2. The second kappa shape index (κ2) is 11.6.